The molecule has 0 bridgehead atoms. The van der Waals surface area contributed by atoms with Crippen LogP contribution in [0.15, 0.2) is 23.4 Å². The molecule has 0 amide bonds. The molecule has 4 heterocycles. The van der Waals surface area contributed by atoms with Crippen LogP contribution < -0.4 is 20.8 Å². The summed E-state index contributed by atoms with van der Waals surface area (Å²) in [4.78, 5) is 8.13. The zero-order chi connectivity index (χ0) is 22.2. The monoisotopic (exact) mass is 435 g/mol. The van der Waals surface area contributed by atoms with E-state index < -0.39 is 11.7 Å². The first-order chi connectivity index (χ1) is 14.7. The van der Waals surface area contributed by atoms with Crippen molar-refractivity contribution in [2.24, 2.45) is 5.10 Å². The van der Waals surface area contributed by atoms with Crippen molar-refractivity contribution in [2.75, 3.05) is 43.0 Å². The largest absolute Gasteiger partial charge is 0.417 e. The molecule has 2 aromatic rings. The van der Waals surface area contributed by atoms with Crippen molar-refractivity contribution < 1.29 is 13.2 Å². The molecule has 12 heteroatoms. The number of hydrazine groups is 2. The topological polar surface area (TPSA) is 84.8 Å². The second-order valence-corrected chi connectivity index (χ2v) is 7.60. The van der Waals surface area contributed by atoms with E-state index in [0.717, 1.165) is 40.7 Å². The lowest BCUT2D eigenvalue weighted by atomic mass is 10.1. The Bertz CT molecular complexity index is 967. The normalized spacial score (nSPS) is 17.4. The number of anilines is 2. The molecule has 0 spiro atoms. The molecule has 1 saturated heterocycles. The van der Waals surface area contributed by atoms with Gasteiger partial charge in [-0.1, -0.05) is 0 Å². The van der Waals surface area contributed by atoms with E-state index in [2.05, 4.69) is 36.1 Å². The summed E-state index contributed by atoms with van der Waals surface area (Å²) in [6.45, 7) is 6.69. The maximum Gasteiger partial charge on any atom is 0.417 e. The van der Waals surface area contributed by atoms with E-state index in [1.165, 1.54) is 6.07 Å². The second kappa shape index (κ2) is 8.17. The highest BCUT2D eigenvalue weighted by Gasteiger charge is 2.31. The molecule has 0 aromatic carbocycles. The Morgan fingerprint density at radius 2 is 1.71 bits per heavy atom. The molecule has 1 fully saturated rings. The van der Waals surface area contributed by atoms with Gasteiger partial charge in [-0.2, -0.15) is 18.3 Å². The molecule has 2 N–H and O–H groups in total. The minimum absolute atomic E-state index is 0.546. The van der Waals surface area contributed by atoms with Crippen molar-refractivity contribution >= 4 is 17.5 Å². The van der Waals surface area contributed by atoms with Gasteiger partial charge in [0.2, 0.25) is 0 Å². The molecule has 2 aliphatic rings. The van der Waals surface area contributed by atoms with Crippen molar-refractivity contribution in [1.82, 2.24) is 31.3 Å². The number of alkyl halides is 3. The summed E-state index contributed by atoms with van der Waals surface area (Å²) in [6.07, 6.45) is -2.95. The lowest BCUT2D eigenvalue weighted by molar-refractivity contribution is -0.137. The standard InChI is InChI=1S/C19H24F3N9/c1-12-13(2)18(26-24-15(12)10-16-25-28-29(3)27-16)31-8-6-30(7-9-31)17-5-4-14(11-23-17)19(20,21)22/h4-5,11,28H,6-10H2,1-3H3,(H,25,27). The van der Waals surface area contributed by atoms with E-state index in [1.807, 2.05) is 25.8 Å². The summed E-state index contributed by atoms with van der Waals surface area (Å²) in [5.41, 5.74) is 8.13. The van der Waals surface area contributed by atoms with E-state index in [0.29, 0.717) is 38.4 Å². The van der Waals surface area contributed by atoms with E-state index in [-0.39, 0.29) is 0 Å². The lowest BCUT2D eigenvalue weighted by Gasteiger charge is -2.36. The molecule has 0 saturated carbocycles. The number of nitrogens with zero attached hydrogens (tertiary/aromatic N) is 7. The molecule has 31 heavy (non-hydrogen) atoms. The minimum Gasteiger partial charge on any atom is -0.353 e. The molecule has 0 radical (unpaired) electrons. The number of halogens is 3. The maximum atomic E-state index is 12.7. The highest BCUT2D eigenvalue weighted by atomic mass is 19.4. The summed E-state index contributed by atoms with van der Waals surface area (Å²) in [6, 6.07) is 2.50. The molecule has 0 unspecified atom stereocenters. The average molecular weight is 435 g/mol. The first-order valence-corrected chi connectivity index (χ1v) is 9.91. The molecule has 0 atom stereocenters. The smallest absolute Gasteiger partial charge is 0.353 e. The van der Waals surface area contributed by atoms with Crippen molar-refractivity contribution in [3.05, 3.63) is 40.7 Å². The first kappa shape index (κ1) is 21.1. The Kier molecular flexibility index (Phi) is 5.56. The molecule has 2 aliphatic heterocycles. The van der Waals surface area contributed by atoms with Gasteiger partial charge in [0.25, 0.3) is 0 Å². The molecule has 9 nitrogen and oxygen atoms in total. The molecular formula is C19H24F3N9. The van der Waals surface area contributed by atoms with Crippen LogP contribution in [0.1, 0.15) is 22.4 Å². The van der Waals surface area contributed by atoms with Gasteiger partial charge in [0, 0.05) is 39.4 Å². The van der Waals surface area contributed by atoms with Gasteiger partial charge in [0.1, 0.15) is 11.7 Å². The highest BCUT2D eigenvalue weighted by molar-refractivity contribution is 5.84. The van der Waals surface area contributed by atoms with Gasteiger partial charge in [-0.25, -0.2) is 10.5 Å². The SMILES string of the molecule is Cc1c(CC2=NNN(C)N2)nnc(N2CCN(c3ccc(C(F)(F)F)cn3)CC2)c1C. The molecule has 4 rings (SSSR count). The van der Waals surface area contributed by atoms with E-state index >= 15 is 0 Å². The van der Waals surface area contributed by atoms with Crippen LogP contribution in [0.5, 0.6) is 0 Å². The number of amidine groups is 1. The Morgan fingerprint density at radius 1 is 1.00 bits per heavy atom. The van der Waals surface area contributed by atoms with Crippen LogP contribution in [0.4, 0.5) is 24.8 Å². The van der Waals surface area contributed by atoms with Gasteiger partial charge in [0.05, 0.1) is 17.7 Å². The predicted molar refractivity (Wildman–Crippen MR) is 110 cm³/mol. The zero-order valence-electron chi connectivity index (χ0n) is 17.5. The van der Waals surface area contributed by atoms with Gasteiger partial charge in [0.15, 0.2) is 5.82 Å². The molecular weight excluding hydrogens is 411 g/mol. The third-order valence-corrected chi connectivity index (χ3v) is 5.54. The van der Waals surface area contributed by atoms with Crippen molar-refractivity contribution in [2.45, 2.75) is 26.4 Å². The number of rotatable bonds is 4. The van der Waals surface area contributed by atoms with E-state index in [1.54, 1.807) is 5.12 Å². The summed E-state index contributed by atoms with van der Waals surface area (Å²) in [5.74, 6) is 2.15. The Morgan fingerprint density at radius 3 is 2.29 bits per heavy atom. The fourth-order valence-electron chi connectivity index (χ4n) is 3.61. The summed E-state index contributed by atoms with van der Waals surface area (Å²) < 4.78 is 38.2. The second-order valence-electron chi connectivity index (χ2n) is 7.60. The summed E-state index contributed by atoms with van der Waals surface area (Å²) in [5, 5.41) is 14.7. The first-order valence-electron chi connectivity index (χ1n) is 9.91. The average Bonchev–Trinajstić information content (AvgIpc) is 3.16. The third kappa shape index (κ3) is 4.48. The predicted octanol–water partition coefficient (Wildman–Crippen LogP) is 1.64. The van der Waals surface area contributed by atoms with Crippen LogP contribution in [0, 0.1) is 13.8 Å². The Balaban J connectivity index is 1.41. The number of hydrazone groups is 1. The number of aromatic nitrogens is 3. The Labute approximate surface area is 177 Å². The van der Waals surface area contributed by atoms with Crippen LogP contribution in [-0.2, 0) is 12.6 Å². The van der Waals surface area contributed by atoms with Gasteiger partial charge >= 0.3 is 6.18 Å². The van der Waals surface area contributed by atoms with Gasteiger partial charge < -0.3 is 9.80 Å². The minimum atomic E-state index is -4.38. The number of piperazine rings is 1. The van der Waals surface area contributed by atoms with Crippen LogP contribution in [0.2, 0.25) is 0 Å². The van der Waals surface area contributed by atoms with E-state index in [4.69, 9.17) is 0 Å². The highest BCUT2D eigenvalue weighted by Crippen LogP contribution is 2.30. The number of hydrogen-bond donors (Lipinski definition) is 2. The summed E-state index contributed by atoms with van der Waals surface area (Å²) >= 11 is 0. The van der Waals surface area contributed by atoms with Crippen LogP contribution in [-0.4, -0.2) is 59.4 Å². The molecule has 2 aromatic heterocycles. The molecule has 166 valence electrons. The number of pyridine rings is 1. The fourth-order valence-corrected chi connectivity index (χ4v) is 3.61. The Hall–Kier alpha value is -3.15. The van der Waals surface area contributed by atoms with E-state index in [9.17, 15) is 13.2 Å². The third-order valence-electron chi connectivity index (χ3n) is 5.54. The van der Waals surface area contributed by atoms with Gasteiger partial charge in [-0.15, -0.1) is 15.3 Å². The quantitative estimate of drug-likeness (QED) is 0.750. The number of hydrogen-bond acceptors (Lipinski definition) is 9. The van der Waals surface area contributed by atoms with Crippen molar-refractivity contribution in [3.8, 4) is 0 Å². The van der Waals surface area contributed by atoms with Crippen molar-refractivity contribution in [1.29, 1.82) is 0 Å². The maximum absolute atomic E-state index is 12.7. The summed E-state index contributed by atoms with van der Waals surface area (Å²) in [7, 11) is 1.82. The van der Waals surface area contributed by atoms with Crippen LogP contribution in [0.25, 0.3) is 0 Å². The van der Waals surface area contributed by atoms with Crippen LogP contribution in [0.3, 0.4) is 0 Å². The van der Waals surface area contributed by atoms with Gasteiger partial charge in [-0.05, 0) is 37.1 Å². The fraction of sp³-hybridized carbons (Fsp3) is 0.474. The van der Waals surface area contributed by atoms with Crippen molar-refractivity contribution in [3.63, 3.8) is 0 Å². The molecule has 0 aliphatic carbocycles. The number of nitrogens with one attached hydrogen (secondary N) is 2. The van der Waals surface area contributed by atoms with Gasteiger partial charge in [-0.3, -0.25) is 5.43 Å². The zero-order valence-corrected chi connectivity index (χ0v) is 17.5. The lowest BCUT2D eigenvalue weighted by Crippen LogP contribution is -2.47. The van der Waals surface area contributed by atoms with Crippen LogP contribution >= 0.6 is 0 Å².